The van der Waals surface area contributed by atoms with Gasteiger partial charge in [-0.15, -0.1) is 0 Å². The van der Waals surface area contributed by atoms with Crippen LogP contribution in [0.15, 0.2) is 12.4 Å². The van der Waals surface area contributed by atoms with Gasteiger partial charge in [0.1, 0.15) is 6.29 Å². The standard InChI is InChI=1S/C10H16N2O/c1-8(2)5-12-6-10(4-11-12)9(3)7-13/h4,6-9H,5H2,1-3H3. The topological polar surface area (TPSA) is 34.9 Å². The van der Waals surface area contributed by atoms with Crippen molar-refractivity contribution >= 4 is 6.29 Å². The van der Waals surface area contributed by atoms with Crippen LogP contribution in [0, 0.1) is 5.92 Å². The van der Waals surface area contributed by atoms with Crippen LogP contribution in [0.2, 0.25) is 0 Å². The van der Waals surface area contributed by atoms with Gasteiger partial charge in [0.25, 0.3) is 0 Å². The number of hydrogen-bond acceptors (Lipinski definition) is 2. The molecule has 3 nitrogen and oxygen atoms in total. The third kappa shape index (κ3) is 2.68. The molecular weight excluding hydrogens is 164 g/mol. The zero-order chi connectivity index (χ0) is 9.84. The summed E-state index contributed by atoms with van der Waals surface area (Å²) in [4.78, 5) is 10.5. The van der Waals surface area contributed by atoms with E-state index >= 15 is 0 Å². The maximum absolute atomic E-state index is 10.5. The van der Waals surface area contributed by atoms with Crippen LogP contribution in [0.25, 0.3) is 0 Å². The summed E-state index contributed by atoms with van der Waals surface area (Å²) in [6.07, 6.45) is 4.65. The summed E-state index contributed by atoms with van der Waals surface area (Å²) >= 11 is 0. The minimum atomic E-state index is -0.0408. The molecule has 1 rings (SSSR count). The quantitative estimate of drug-likeness (QED) is 0.663. The molecule has 1 atom stereocenters. The number of hydrogen-bond donors (Lipinski definition) is 0. The van der Waals surface area contributed by atoms with Gasteiger partial charge >= 0.3 is 0 Å². The molecule has 0 saturated carbocycles. The normalized spacial score (nSPS) is 13.2. The Morgan fingerprint density at radius 2 is 2.23 bits per heavy atom. The first-order chi connectivity index (χ1) is 6.13. The van der Waals surface area contributed by atoms with Gasteiger partial charge in [-0.3, -0.25) is 4.68 Å². The lowest BCUT2D eigenvalue weighted by Gasteiger charge is -2.03. The second-order valence-electron chi connectivity index (χ2n) is 3.81. The number of rotatable bonds is 4. The number of aromatic nitrogens is 2. The van der Waals surface area contributed by atoms with E-state index in [2.05, 4.69) is 18.9 Å². The van der Waals surface area contributed by atoms with Gasteiger partial charge in [-0.05, 0) is 11.5 Å². The summed E-state index contributed by atoms with van der Waals surface area (Å²) in [6.45, 7) is 7.07. The average molecular weight is 180 g/mol. The fourth-order valence-electron chi connectivity index (χ4n) is 1.17. The first kappa shape index (κ1) is 9.96. The SMILES string of the molecule is CC(C)Cn1cc(C(C)C=O)cn1. The molecule has 0 N–H and O–H groups in total. The number of nitrogens with zero attached hydrogens (tertiary/aromatic N) is 2. The van der Waals surface area contributed by atoms with Crippen LogP contribution in [0.3, 0.4) is 0 Å². The fourth-order valence-corrected chi connectivity index (χ4v) is 1.17. The lowest BCUT2D eigenvalue weighted by atomic mass is 10.1. The van der Waals surface area contributed by atoms with E-state index in [-0.39, 0.29) is 5.92 Å². The van der Waals surface area contributed by atoms with Crippen molar-refractivity contribution in [3.05, 3.63) is 18.0 Å². The molecule has 72 valence electrons. The first-order valence-corrected chi connectivity index (χ1v) is 4.61. The Balaban J connectivity index is 2.68. The largest absolute Gasteiger partial charge is 0.303 e. The van der Waals surface area contributed by atoms with E-state index in [9.17, 15) is 4.79 Å². The van der Waals surface area contributed by atoms with Crippen molar-refractivity contribution < 1.29 is 4.79 Å². The van der Waals surface area contributed by atoms with Gasteiger partial charge in [-0.25, -0.2) is 0 Å². The summed E-state index contributed by atoms with van der Waals surface area (Å²) in [7, 11) is 0. The molecule has 0 spiro atoms. The molecule has 1 unspecified atom stereocenters. The lowest BCUT2D eigenvalue weighted by Crippen LogP contribution is -2.04. The van der Waals surface area contributed by atoms with E-state index in [4.69, 9.17) is 0 Å². The van der Waals surface area contributed by atoms with Gasteiger partial charge in [0.15, 0.2) is 0 Å². The van der Waals surface area contributed by atoms with Gasteiger partial charge < -0.3 is 4.79 Å². The molecule has 0 radical (unpaired) electrons. The minimum Gasteiger partial charge on any atom is -0.303 e. The molecule has 1 heterocycles. The van der Waals surface area contributed by atoms with Crippen molar-refractivity contribution in [2.24, 2.45) is 5.92 Å². The Hall–Kier alpha value is -1.12. The number of carbonyl (C=O) groups is 1. The fraction of sp³-hybridized carbons (Fsp3) is 0.600. The van der Waals surface area contributed by atoms with Crippen LogP contribution in [-0.2, 0) is 11.3 Å². The summed E-state index contributed by atoms with van der Waals surface area (Å²) in [5, 5.41) is 4.18. The molecule has 0 aliphatic rings. The molecule has 0 saturated heterocycles. The maximum atomic E-state index is 10.5. The second-order valence-corrected chi connectivity index (χ2v) is 3.81. The maximum Gasteiger partial charge on any atom is 0.127 e. The van der Waals surface area contributed by atoms with E-state index < -0.39 is 0 Å². The summed E-state index contributed by atoms with van der Waals surface area (Å²) < 4.78 is 1.89. The highest BCUT2D eigenvalue weighted by molar-refractivity contribution is 5.60. The van der Waals surface area contributed by atoms with Gasteiger partial charge in [-0.1, -0.05) is 20.8 Å². The van der Waals surface area contributed by atoms with Crippen LogP contribution in [-0.4, -0.2) is 16.1 Å². The van der Waals surface area contributed by atoms with Gasteiger partial charge in [-0.2, -0.15) is 5.10 Å². The van der Waals surface area contributed by atoms with E-state index in [0.717, 1.165) is 18.4 Å². The van der Waals surface area contributed by atoms with Crippen molar-refractivity contribution in [2.45, 2.75) is 33.2 Å². The molecule has 13 heavy (non-hydrogen) atoms. The molecular formula is C10H16N2O. The third-order valence-corrected chi connectivity index (χ3v) is 1.94. The smallest absolute Gasteiger partial charge is 0.127 e. The summed E-state index contributed by atoms with van der Waals surface area (Å²) in [5.41, 5.74) is 0.996. The molecule has 0 aliphatic heterocycles. The van der Waals surface area contributed by atoms with Crippen LogP contribution < -0.4 is 0 Å². The van der Waals surface area contributed by atoms with Crippen molar-refractivity contribution in [3.8, 4) is 0 Å². The zero-order valence-electron chi connectivity index (χ0n) is 8.40. The Bertz CT molecular complexity index is 278. The van der Waals surface area contributed by atoms with E-state index in [1.54, 1.807) is 6.20 Å². The molecule has 3 heteroatoms. The Kier molecular flexibility index (Phi) is 3.23. The average Bonchev–Trinajstić information content (AvgIpc) is 2.50. The minimum absolute atomic E-state index is 0.0408. The number of aldehydes is 1. The second kappa shape index (κ2) is 4.21. The molecule has 0 bridgehead atoms. The predicted octanol–water partition coefficient (Wildman–Crippen LogP) is 1.84. The highest BCUT2D eigenvalue weighted by Gasteiger charge is 2.06. The summed E-state index contributed by atoms with van der Waals surface area (Å²) in [5.74, 6) is 0.542. The van der Waals surface area contributed by atoms with E-state index in [1.807, 2.05) is 17.8 Å². The van der Waals surface area contributed by atoms with Crippen LogP contribution in [0.1, 0.15) is 32.3 Å². The molecule has 0 amide bonds. The molecule has 0 fully saturated rings. The Morgan fingerprint density at radius 3 is 2.77 bits per heavy atom. The monoisotopic (exact) mass is 180 g/mol. The Labute approximate surface area is 78.8 Å². The van der Waals surface area contributed by atoms with Crippen molar-refractivity contribution in [1.29, 1.82) is 0 Å². The van der Waals surface area contributed by atoms with Crippen LogP contribution >= 0.6 is 0 Å². The molecule has 1 aromatic rings. The van der Waals surface area contributed by atoms with Gasteiger partial charge in [0.05, 0.1) is 6.20 Å². The molecule has 0 aliphatic carbocycles. The van der Waals surface area contributed by atoms with E-state index in [1.165, 1.54) is 0 Å². The van der Waals surface area contributed by atoms with Crippen LogP contribution in [0.4, 0.5) is 0 Å². The van der Waals surface area contributed by atoms with Gasteiger partial charge in [0.2, 0.25) is 0 Å². The summed E-state index contributed by atoms with van der Waals surface area (Å²) in [6, 6.07) is 0. The highest BCUT2D eigenvalue weighted by atomic mass is 16.1. The first-order valence-electron chi connectivity index (χ1n) is 4.61. The van der Waals surface area contributed by atoms with Crippen LogP contribution in [0.5, 0.6) is 0 Å². The van der Waals surface area contributed by atoms with Gasteiger partial charge in [0, 0.05) is 18.7 Å². The molecule has 0 aromatic carbocycles. The highest BCUT2D eigenvalue weighted by Crippen LogP contribution is 2.11. The predicted molar refractivity (Wildman–Crippen MR) is 51.5 cm³/mol. The number of carbonyl (C=O) groups excluding carboxylic acids is 1. The lowest BCUT2D eigenvalue weighted by molar-refractivity contribution is -0.108. The van der Waals surface area contributed by atoms with E-state index in [0.29, 0.717) is 5.92 Å². The van der Waals surface area contributed by atoms with Crippen molar-refractivity contribution in [1.82, 2.24) is 9.78 Å². The van der Waals surface area contributed by atoms with Crippen molar-refractivity contribution in [3.63, 3.8) is 0 Å². The Morgan fingerprint density at radius 1 is 1.54 bits per heavy atom. The third-order valence-electron chi connectivity index (χ3n) is 1.94. The zero-order valence-corrected chi connectivity index (χ0v) is 8.40. The van der Waals surface area contributed by atoms with Crippen molar-refractivity contribution in [2.75, 3.05) is 0 Å². The molecule has 1 aromatic heterocycles.